The Morgan fingerprint density at radius 1 is 0.792 bits per heavy atom. The van der Waals surface area contributed by atoms with E-state index in [1.54, 1.807) is 18.2 Å². The van der Waals surface area contributed by atoms with E-state index in [0.717, 1.165) is 11.1 Å². The molecular weight excluding hydrogens is 308 g/mol. The van der Waals surface area contributed by atoms with Gasteiger partial charge in [-0.25, -0.2) is 0 Å². The number of allylic oxidation sites excluding steroid dienone is 2. The van der Waals surface area contributed by atoms with Crippen LogP contribution in [0, 0.1) is 0 Å². The Kier molecular flexibility index (Phi) is 5.84. The van der Waals surface area contributed by atoms with E-state index in [0.29, 0.717) is 25.7 Å². The minimum absolute atomic E-state index is 0.0175. The molecule has 0 fully saturated rings. The lowest BCUT2D eigenvalue weighted by Gasteiger charge is -2.02. The highest BCUT2D eigenvalue weighted by atomic mass is 16.3. The van der Waals surface area contributed by atoms with E-state index in [1.165, 1.54) is 30.3 Å². The molecule has 0 saturated heterocycles. The number of ketones is 1. The molecule has 5 heteroatoms. The molecule has 0 amide bonds. The summed E-state index contributed by atoms with van der Waals surface area (Å²) in [6, 6.07) is 9.18. The minimum atomic E-state index is -0.187. The molecule has 0 radical (unpaired) electrons. The summed E-state index contributed by atoms with van der Waals surface area (Å²) in [6.45, 7) is 0. The number of phenolic OH excluding ortho intramolecular Hbond substituents is 4. The van der Waals surface area contributed by atoms with Crippen molar-refractivity contribution in [1.82, 2.24) is 0 Å². The number of aryl methyl sites for hydroxylation is 2. The van der Waals surface area contributed by atoms with Crippen LogP contribution in [0.25, 0.3) is 0 Å². The summed E-state index contributed by atoms with van der Waals surface area (Å²) in [5.41, 5.74) is 1.66. The number of carbonyl (C=O) groups excluding carboxylic acids is 1. The summed E-state index contributed by atoms with van der Waals surface area (Å²) < 4.78 is 0. The highest BCUT2D eigenvalue weighted by Gasteiger charge is 2.03. The van der Waals surface area contributed by atoms with Crippen LogP contribution < -0.4 is 0 Å². The molecular formula is C19H20O5. The average Bonchev–Trinajstić information content (AvgIpc) is 2.56. The molecule has 5 nitrogen and oxygen atoms in total. The number of hydrogen-bond donors (Lipinski definition) is 4. The molecule has 4 N–H and O–H groups in total. The van der Waals surface area contributed by atoms with Gasteiger partial charge in [0, 0.05) is 6.42 Å². The molecule has 0 spiro atoms. The van der Waals surface area contributed by atoms with Gasteiger partial charge in [-0.1, -0.05) is 18.2 Å². The monoisotopic (exact) mass is 328 g/mol. The zero-order chi connectivity index (χ0) is 17.5. The van der Waals surface area contributed by atoms with Crippen LogP contribution in [-0.2, 0) is 17.6 Å². The first-order valence-corrected chi connectivity index (χ1v) is 7.67. The fourth-order valence-electron chi connectivity index (χ4n) is 2.26. The van der Waals surface area contributed by atoms with Crippen LogP contribution >= 0.6 is 0 Å². The van der Waals surface area contributed by atoms with Crippen LogP contribution in [0.5, 0.6) is 23.0 Å². The van der Waals surface area contributed by atoms with Crippen molar-refractivity contribution in [3.8, 4) is 23.0 Å². The van der Waals surface area contributed by atoms with Crippen molar-refractivity contribution < 1.29 is 25.2 Å². The molecule has 0 heterocycles. The van der Waals surface area contributed by atoms with Crippen molar-refractivity contribution >= 4 is 5.78 Å². The standard InChI is InChI=1S/C19H20O5/c20-15(8-5-14-7-10-17(22)19(24)12-14)4-2-1-3-13-6-9-16(21)18(23)11-13/h2,4,6-7,9-12,21-24H,1,3,5,8H2. The van der Waals surface area contributed by atoms with Gasteiger partial charge < -0.3 is 20.4 Å². The Morgan fingerprint density at radius 2 is 1.33 bits per heavy atom. The SMILES string of the molecule is O=C(C=CCCc1ccc(O)c(O)c1)CCc1ccc(O)c(O)c1. The van der Waals surface area contributed by atoms with E-state index in [9.17, 15) is 25.2 Å². The average molecular weight is 328 g/mol. The molecule has 0 atom stereocenters. The summed E-state index contributed by atoms with van der Waals surface area (Å²) in [5.74, 6) is -0.677. The highest BCUT2D eigenvalue weighted by Crippen LogP contribution is 2.26. The topological polar surface area (TPSA) is 98.0 Å². The van der Waals surface area contributed by atoms with Crippen LogP contribution in [-0.4, -0.2) is 26.2 Å². The fraction of sp³-hybridized carbons (Fsp3) is 0.211. The zero-order valence-electron chi connectivity index (χ0n) is 13.1. The molecule has 126 valence electrons. The third kappa shape index (κ3) is 5.05. The minimum Gasteiger partial charge on any atom is -0.504 e. The molecule has 0 unspecified atom stereocenters. The summed E-state index contributed by atoms with van der Waals surface area (Å²) in [5, 5.41) is 37.3. The lowest BCUT2D eigenvalue weighted by atomic mass is 10.1. The quantitative estimate of drug-likeness (QED) is 0.462. The molecule has 2 aromatic rings. The third-order valence-corrected chi connectivity index (χ3v) is 3.64. The largest absolute Gasteiger partial charge is 0.504 e. The summed E-state index contributed by atoms with van der Waals surface area (Å²) in [7, 11) is 0. The van der Waals surface area contributed by atoms with E-state index in [1.807, 2.05) is 0 Å². The van der Waals surface area contributed by atoms with Crippen LogP contribution in [0.1, 0.15) is 24.0 Å². The Balaban J connectivity index is 1.76. The van der Waals surface area contributed by atoms with E-state index in [4.69, 9.17) is 0 Å². The summed E-state index contributed by atoms with van der Waals surface area (Å²) >= 11 is 0. The second kappa shape index (κ2) is 8.06. The number of benzene rings is 2. The maximum Gasteiger partial charge on any atom is 0.157 e. The molecule has 24 heavy (non-hydrogen) atoms. The van der Waals surface area contributed by atoms with Crippen molar-refractivity contribution in [1.29, 1.82) is 0 Å². The first-order chi connectivity index (χ1) is 11.5. The van der Waals surface area contributed by atoms with Crippen molar-refractivity contribution in [2.24, 2.45) is 0 Å². The molecule has 0 aliphatic heterocycles. The Hall–Kier alpha value is -2.95. The maximum atomic E-state index is 11.8. The van der Waals surface area contributed by atoms with Crippen molar-refractivity contribution in [2.45, 2.75) is 25.7 Å². The molecule has 0 saturated carbocycles. The smallest absolute Gasteiger partial charge is 0.157 e. The van der Waals surface area contributed by atoms with Gasteiger partial charge in [0.15, 0.2) is 28.8 Å². The lowest BCUT2D eigenvalue weighted by molar-refractivity contribution is -0.114. The van der Waals surface area contributed by atoms with Gasteiger partial charge in [-0.3, -0.25) is 4.79 Å². The van der Waals surface area contributed by atoms with Gasteiger partial charge in [0.05, 0.1) is 0 Å². The van der Waals surface area contributed by atoms with Gasteiger partial charge in [0.2, 0.25) is 0 Å². The van der Waals surface area contributed by atoms with Crippen molar-refractivity contribution in [3.05, 3.63) is 59.7 Å². The van der Waals surface area contributed by atoms with Crippen LogP contribution in [0.4, 0.5) is 0 Å². The predicted octanol–water partition coefficient (Wildman–Crippen LogP) is 3.20. The number of hydrogen-bond acceptors (Lipinski definition) is 5. The normalized spacial score (nSPS) is 11.0. The summed E-state index contributed by atoms with van der Waals surface area (Å²) in [6.07, 6.45) is 5.42. The van der Waals surface area contributed by atoms with E-state index >= 15 is 0 Å². The number of carbonyl (C=O) groups is 1. The Bertz CT molecular complexity index is 749. The second-order valence-corrected chi connectivity index (χ2v) is 5.55. The number of aromatic hydroxyl groups is 4. The van der Waals surface area contributed by atoms with Gasteiger partial charge in [0.1, 0.15) is 0 Å². The predicted molar refractivity (Wildman–Crippen MR) is 90.3 cm³/mol. The second-order valence-electron chi connectivity index (χ2n) is 5.55. The first-order valence-electron chi connectivity index (χ1n) is 7.67. The van der Waals surface area contributed by atoms with Crippen LogP contribution in [0.15, 0.2) is 48.6 Å². The van der Waals surface area contributed by atoms with Gasteiger partial charge in [-0.05, 0) is 60.7 Å². The molecule has 0 bridgehead atoms. The molecule has 0 aliphatic carbocycles. The van der Waals surface area contributed by atoms with Crippen molar-refractivity contribution in [2.75, 3.05) is 0 Å². The fourth-order valence-corrected chi connectivity index (χ4v) is 2.26. The van der Waals surface area contributed by atoms with E-state index in [-0.39, 0.29) is 28.8 Å². The molecule has 0 aromatic heterocycles. The van der Waals surface area contributed by atoms with Gasteiger partial charge in [0.25, 0.3) is 0 Å². The maximum absolute atomic E-state index is 11.8. The number of rotatable bonds is 7. The summed E-state index contributed by atoms with van der Waals surface area (Å²) in [4.78, 5) is 11.8. The van der Waals surface area contributed by atoms with Gasteiger partial charge >= 0.3 is 0 Å². The van der Waals surface area contributed by atoms with E-state index < -0.39 is 0 Å². The van der Waals surface area contributed by atoms with Crippen LogP contribution in [0.3, 0.4) is 0 Å². The zero-order valence-corrected chi connectivity index (χ0v) is 13.1. The lowest BCUT2D eigenvalue weighted by Crippen LogP contribution is -1.96. The van der Waals surface area contributed by atoms with Gasteiger partial charge in [-0.15, -0.1) is 0 Å². The highest BCUT2D eigenvalue weighted by molar-refractivity contribution is 5.89. The van der Waals surface area contributed by atoms with Crippen LogP contribution in [0.2, 0.25) is 0 Å². The molecule has 2 aromatic carbocycles. The third-order valence-electron chi connectivity index (χ3n) is 3.64. The molecule has 2 rings (SSSR count). The van der Waals surface area contributed by atoms with Gasteiger partial charge in [-0.2, -0.15) is 0 Å². The van der Waals surface area contributed by atoms with Crippen molar-refractivity contribution in [3.63, 3.8) is 0 Å². The molecule has 0 aliphatic rings. The first kappa shape index (κ1) is 17.4. The Morgan fingerprint density at radius 3 is 1.88 bits per heavy atom. The van der Waals surface area contributed by atoms with E-state index in [2.05, 4.69) is 0 Å². The Labute approximate surface area is 140 Å². The number of phenols is 4.